The number of halogens is 4. The number of carbonyl (C=O) groups is 5. The van der Waals surface area contributed by atoms with Crippen LogP contribution in [0.1, 0.15) is 222 Å². The zero-order valence-corrected chi connectivity index (χ0v) is 50.8. The van der Waals surface area contributed by atoms with Gasteiger partial charge in [0.2, 0.25) is 5.78 Å². The largest absolute Gasteiger partial charge is 1.00 e. The van der Waals surface area contributed by atoms with E-state index in [2.05, 4.69) is 9.47 Å². The minimum Gasteiger partial charge on any atom is -1.00 e. The molecule has 0 bridgehead atoms. The smallest absolute Gasteiger partial charge is 1.00 e. The van der Waals surface area contributed by atoms with Crippen LogP contribution in [0.25, 0.3) is 0 Å². The second kappa shape index (κ2) is 42.8. The Bertz CT molecular complexity index is 1630. The molecule has 2 heterocycles. The van der Waals surface area contributed by atoms with Gasteiger partial charge in [-0.15, -0.1) is 0 Å². The predicted molar refractivity (Wildman–Crippen MR) is 284 cm³/mol. The molecule has 78 heavy (non-hydrogen) atoms. The first-order valence-electron chi connectivity index (χ1n) is 28.8. The SMILES string of the molecule is CCCCC(F)(F)C(=O)CC[C@@H]1C(CCCCCCC(=O)OC)[C@@H](OC(C)=O)C[C@H]1OC1CCCCO1.CCCCC(F)(F)C(O)CC[C@@H]1C(CCCCCCC(=O)OC)[C@@H](OC(C)=O)C[C@H]1OC1CCCCO1.CO.[B].[H-].[Na+]. The summed E-state index contributed by atoms with van der Waals surface area (Å²) in [4.78, 5) is 58.9. The van der Waals surface area contributed by atoms with E-state index in [-0.39, 0.29) is 150 Å². The van der Waals surface area contributed by atoms with Crippen molar-refractivity contribution in [1.29, 1.82) is 0 Å². The molecule has 2 saturated heterocycles. The molecule has 2 aliphatic heterocycles. The van der Waals surface area contributed by atoms with E-state index in [1.807, 2.05) is 13.8 Å². The van der Waals surface area contributed by atoms with Gasteiger partial charge in [0, 0.05) is 99.4 Å². The fourth-order valence-electron chi connectivity index (χ4n) is 11.3. The Labute approximate surface area is 489 Å². The van der Waals surface area contributed by atoms with E-state index in [4.69, 9.17) is 33.5 Å². The molecular formula is C57H99BF4NaO15. The van der Waals surface area contributed by atoms with E-state index in [9.17, 15) is 46.6 Å². The van der Waals surface area contributed by atoms with Crippen molar-refractivity contribution in [2.45, 2.75) is 275 Å². The summed E-state index contributed by atoms with van der Waals surface area (Å²) < 4.78 is 103. The minimum atomic E-state index is -3.32. The van der Waals surface area contributed by atoms with E-state index in [0.717, 1.165) is 110 Å². The standard InChI is InChI=1S/C28H48F2O7.C28H46F2O7.CH4O.B.Na.H/c2*1-4-5-17-28(29,30)25(32)16-15-22-21(12-8-6-7-9-13-26(33)34-3)23(36-20(2)31)19-24(22)37-27-14-10-11-18-35-27;1-2;;;/h21-25,27,32H,4-19H2,1-3H3;21-24,27H,4-19H2,1-3H3;2H,1H3;;;/q;;;;+1;-1/t21?,22-,23+,24-,25?,27?;21?,22-,23+,24-,27?;;;;/m11..../s1. The van der Waals surface area contributed by atoms with Gasteiger partial charge < -0.3 is 49.5 Å². The third-order valence-corrected chi connectivity index (χ3v) is 15.4. The molecule has 11 atom stereocenters. The summed E-state index contributed by atoms with van der Waals surface area (Å²) in [5.41, 5.74) is 0. The second-order valence-electron chi connectivity index (χ2n) is 21.1. The van der Waals surface area contributed by atoms with Crippen molar-refractivity contribution in [3.8, 4) is 0 Å². The van der Waals surface area contributed by atoms with Gasteiger partial charge in [-0.1, -0.05) is 65.2 Å². The Balaban J connectivity index is 0. The first-order chi connectivity index (χ1) is 36.3. The Morgan fingerprint density at radius 2 is 0.987 bits per heavy atom. The van der Waals surface area contributed by atoms with Crippen LogP contribution in [-0.4, -0.2) is 138 Å². The van der Waals surface area contributed by atoms with E-state index in [1.54, 1.807) is 0 Å². The van der Waals surface area contributed by atoms with Crippen molar-refractivity contribution in [3.63, 3.8) is 0 Å². The molecule has 15 nitrogen and oxygen atoms in total. The summed E-state index contributed by atoms with van der Waals surface area (Å²) in [5.74, 6) is -9.10. The Morgan fingerprint density at radius 3 is 1.38 bits per heavy atom. The van der Waals surface area contributed by atoms with Gasteiger partial charge in [-0.3, -0.25) is 24.0 Å². The molecular weight excluding hydrogens is 1030 g/mol. The van der Waals surface area contributed by atoms with Gasteiger partial charge >= 0.3 is 59.4 Å². The number of ether oxygens (including phenoxy) is 8. The van der Waals surface area contributed by atoms with Crippen LogP contribution in [0.5, 0.6) is 0 Å². The molecule has 21 heteroatoms. The molecule has 3 radical (unpaired) electrons. The molecule has 4 aliphatic rings. The van der Waals surface area contributed by atoms with Crippen LogP contribution in [0.2, 0.25) is 0 Å². The molecule has 4 fully saturated rings. The number of aliphatic hydroxyl groups is 2. The molecule has 2 aliphatic carbocycles. The zero-order chi connectivity index (χ0) is 56.5. The molecule has 0 spiro atoms. The zero-order valence-electron chi connectivity index (χ0n) is 49.8. The van der Waals surface area contributed by atoms with Crippen LogP contribution in [-0.2, 0) is 61.9 Å². The van der Waals surface area contributed by atoms with E-state index in [1.165, 1.54) is 28.1 Å². The number of hydrogen-bond acceptors (Lipinski definition) is 15. The van der Waals surface area contributed by atoms with E-state index in [0.29, 0.717) is 71.0 Å². The van der Waals surface area contributed by atoms with Crippen LogP contribution in [0.3, 0.4) is 0 Å². The summed E-state index contributed by atoms with van der Waals surface area (Å²) in [7, 11) is 3.75. The van der Waals surface area contributed by atoms with Gasteiger partial charge in [-0.2, -0.15) is 8.78 Å². The van der Waals surface area contributed by atoms with Crippen LogP contribution in [0.4, 0.5) is 17.6 Å². The van der Waals surface area contributed by atoms with Crippen molar-refractivity contribution < 1.29 is 121 Å². The van der Waals surface area contributed by atoms with Crippen molar-refractivity contribution >= 4 is 38.1 Å². The fourth-order valence-corrected chi connectivity index (χ4v) is 11.3. The summed E-state index contributed by atoms with van der Waals surface area (Å²) >= 11 is 0. The molecule has 2 saturated carbocycles. The average Bonchev–Trinajstić information content (AvgIpc) is 3.90. The number of esters is 4. The maximum atomic E-state index is 14.5. The van der Waals surface area contributed by atoms with Crippen molar-refractivity contribution in [3.05, 3.63) is 0 Å². The first-order valence-corrected chi connectivity index (χ1v) is 28.8. The van der Waals surface area contributed by atoms with Crippen molar-refractivity contribution in [1.82, 2.24) is 0 Å². The molecule has 0 aromatic carbocycles. The number of carbonyl (C=O) groups excluding carboxylic acids is 5. The number of rotatable bonds is 34. The maximum Gasteiger partial charge on any atom is 1.00 e. The molecule has 5 unspecified atom stereocenters. The first kappa shape index (κ1) is 76.1. The summed E-state index contributed by atoms with van der Waals surface area (Å²) in [6, 6.07) is 0. The minimum absolute atomic E-state index is 0. The quantitative estimate of drug-likeness (QED) is 0.0204. The predicted octanol–water partition coefficient (Wildman–Crippen LogP) is 8.44. The van der Waals surface area contributed by atoms with Crippen molar-refractivity contribution in [2.75, 3.05) is 34.5 Å². The summed E-state index contributed by atoms with van der Waals surface area (Å²) in [6.07, 6.45) is 13.2. The monoisotopic (exact) mass is 1130 g/mol. The van der Waals surface area contributed by atoms with Gasteiger partial charge in [-0.25, -0.2) is 8.78 Å². The average molecular weight is 1130 g/mol. The Kier molecular flexibility index (Phi) is 41.8. The summed E-state index contributed by atoms with van der Waals surface area (Å²) in [6.45, 7) is 7.68. The third-order valence-electron chi connectivity index (χ3n) is 15.4. The van der Waals surface area contributed by atoms with Crippen LogP contribution >= 0.6 is 0 Å². The van der Waals surface area contributed by atoms with E-state index < -0.39 is 30.2 Å². The number of hydrogen-bond donors (Lipinski definition) is 2. The number of unbranched alkanes of at least 4 members (excludes halogenated alkanes) is 8. The van der Waals surface area contributed by atoms with Crippen LogP contribution in [0.15, 0.2) is 0 Å². The molecule has 4 rings (SSSR count). The second-order valence-corrected chi connectivity index (χ2v) is 21.1. The van der Waals surface area contributed by atoms with Crippen molar-refractivity contribution in [2.24, 2.45) is 23.7 Å². The molecule has 2 N–H and O–H groups in total. The number of alkyl halides is 4. The van der Waals surface area contributed by atoms with Gasteiger partial charge in [0.1, 0.15) is 18.3 Å². The maximum absolute atomic E-state index is 14.5. The van der Waals surface area contributed by atoms with Gasteiger partial charge in [0.05, 0.1) is 26.4 Å². The number of methoxy groups -OCH3 is 2. The summed E-state index contributed by atoms with van der Waals surface area (Å²) in [5, 5.41) is 17.4. The van der Waals surface area contributed by atoms with Gasteiger partial charge in [-0.05, 0) is 108 Å². The molecule has 449 valence electrons. The molecule has 0 aromatic rings. The molecule has 0 aromatic heterocycles. The number of aliphatic hydroxyl groups excluding tert-OH is 2. The Morgan fingerprint density at radius 1 is 0.577 bits per heavy atom. The van der Waals surface area contributed by atoms with Gasteiger partial charge in [0.25, 0.3) is 5.92 Å². The normalized spacial score (nSPS) is 25.3. The third kappa shape index (κ3) is 29.4. The molecule has 0 amide bonds. The Hall–Kier alpha value is -1.91. The topological polar surface area (TPSA) is 200 Å². The van der Waals surface area contributed by atoms with Crippen LogP contribution < -0.4 is 29.6 Å². The van der Waals surface area contributed by atoms with E-state index >= 15 is 0 Å². The van der Waals surface area contributed by atoms with Crippen LogP contribution in [0, 0.1) is 23.7 Å². The number of Topliss-reactive ketones (excluding diaryl/α,β-unsaturated/α-hetero) is 1. The van der Waals surface area contributed by atoms with Gasteiger partial charge in [0.15, 0.2) is 12.6 Å². The number of ketones is 1. The fraction of sp³-hybridized carbons (Fsp3) is 0.912.